The lowest BCUT2D eigenvalue weighted by atomic mass is 10.0. The van der Waals surface area contributed by atoms with Crippen molar-refractivity contribution in [3.8, 4) is 0 Å². The summed E-state index contributed by atoms with van der Waals surface area (Å²) in [6, 6.07) is 23.9. The van der Waals surface area contributed by atoms with Gasteiger partial charge in [-0.1, -0.05) is 58.4 Å². The maximum atomic E-state index is 6.01. The van der Waals surface area contributed by atoms with E-state index in [1.165, 1.54) is 21.2 Å². The van der Waals surface area contributed by atoms with Crippen LogP contribution in [0.1, 0.15) is 24.5 Å². The minimum Gasteiger partial charge on any atom is -0.373 e. The van der Waals surface area contributed by atoms with E-state index < -0.39 is 0 Å². The average Bonchev–Trinajstić information content (AvgIpc) is 2.62. The van der Waals surface area contributed by atoms with E-state index in [4.69, 9.17) is 4.74 Å². The molecule has 1 saturated heterocycles. The van der Waals surface area contributed by atoms with Crippen LogP contribution in [-0.4, -0.2) is 11.9 Å². The zero-order valence-corrected chi connectivity index (χ0v) is 15.7. The van der Waals surface area contributed by atoms with Gasteiger partial charge in [0.05, 0.1) is 6.10 Å². The van der Waals surface area contributed by atoms with Crippen LogP contribution in [0, 0.1) is 0 Å². The Morgan fingerprint density at radius 2 is 1.71 bits per heavy atom. The molecule has 3 heteroatoms. The molecule has 0 bridgehead atoms. The molecule has 2 atom stereocenters. The van der Waals surface area contributed by atoms with Crippen molar-refractivity contribution in [2.45, 2.75) is 29.1 Å². The summed E-state index contributed by atoms with van der Waals surface area (Å²) in [6.07, 6.45) is 2.40. The van der Waals surface area contributed by atoms with Crippen molar-refractivity contribution >= 4 is 38.5 Å². The first-order valence-corrected chi connectivity index (χ1v) is 9.98. The van der Waals surface area contributed by atoms with Gasteiger partial charge in [-0.2, -0.15) is 0 Å². The maximum Gasteiger partial charge on any atom is 0.0835 e. The van der Waals surface area contributed by atoms with Gasteiger partial charge in [0.2, 0.25) is 0 Å². The molecule has 1 aliphatic heterocycles. The molecule has 3 aromatic rings. The fourth-order valence-corrected chi connectivity index (χ4v) is 4.69. The molecule has 0 unspecified atom stereocenters. The van der Waals surface area contributed by atoms with Gasteiger partial charge in [0, 0.05) is 21.2 Å². The Bertz CT molecular complexity index is 831. The van der Waals surface area contributed by atoms with Crippen LogP contribution >= 0.6 is 27.7 Å². The number of fused-ring (bicyclic) bond motifs is 1. The minimum atomic E-state index is 0.213. The van der Waals surface area contributed by atoms with Crippen molar-refractivity contribution in [3.05, 3.63) is 76.8 Å². The van der Waals surface area contributed by atoms with Crippen LogP contribution in [0.25, 0.3) is 10.8 Å². The molecule has 3 aromatic carbocycles. The number of benzene rings is 3. The average molecular weight is 399 g/mol. The van der Waals surface area contributed by atoms with Gasteiger partial charge in [0.1, 0.15) is 0 Å². The molecule has 1 nitrogen and oxygen atoms in total. The smallest absolute Gasteiger partial charge is 0.0835 e. The summed E-state index contributed by atoms with van der Waals surface area (Å²) in [5.74, 6) is 0. The van der Waals surface area contributed by atoms with E-state index in [-0.39, 0.29) is 6.10 Å². The first-order valence-electron chi connectivity index (χ1n) is 8.30. The molecule has 0 N–H and O–H groups in total. The van der Waals surface area contributed by atoms with Gasteiger partial charge in [-0.05, 0) is 53.4 Å². The van der Waals surface area contributed by atoms with E-state index in [0.717, 1.165) is 23.9 Å². The Labute approximate surface area is 155 Å². The molecule has 1 fully saturated rings. The van der Waals surface area contributed by atoms with E-state index in [1.807, 2.05) is 11.8 Å². The monoisotopic (exact) mass is 398 g/mol. The Morgan fingerprint density at radius 3 is 2.54 bits per heavy atom. The van der Waals surface area contributed by atoms with Gasteiger partial charge in [-0.25, -0.2) is 0 Å². The highest BCUT2D eigenvalue weighted by atomic mass is 79.9. The molecular weight excluding hydrogens is 380 g/mol. The Hall–Kier alpha value is -1.29. The summed E-state index contributed by atoms with van der Waals surface area (Å²) >= 11 is 5.49. The number of hydrogen-bond donors (Lipinski definition) is 0. The van der Waals surface area contributed by atoms with Crippen LogP contribution < -0.4 is 0 Å². The fraction of sp³-hybridized carbons (Fsp3) is 0.238. The number of rotatable bonds is 3. The largest absolute Gasteiger partial charge is 0.373 e. The molecule has 0 aromatic heterocycles. The molecule has 122 valence electrons. The molecule has 4 rings (SSSR count). The number of ether oxygens (including phenoxy) is 1. The third kappa shape index (κ3) is 3.69. The summed E-state index contributed by atoms with van der Waals surface area (Å²) in [4.78, 5) is 1.36. The Morgan fingerprint density at radius 1 is 0.917 bits per heavy atom. The lowest BCUT2D eigenvalue weighted by Crippen LogP contribution is -2.21. The normalized spacial score (nSPS) is 21.0. The van der Waals surface area contributed by atoms with Crippen LogP contribution in [0.5, 0.6) is 0 Å². The van der Waals surface area contributed by atoms with Gasteiger partial charge < -0.3 is 4.74 Å². The third-order valence-corrected chi connectivity index (χ3v) is 6.32. The van der Waals surface area contributed by atoms with Gasteiger partial charge in [0.25, 0.3) is 0 Å². The topological polar surface area (TPSA) is 9.23 Å². The molecule has 24 heavy (non-hydrogen) atoms. The summed E-state index contributed by atoms with van der Waals surface area (Å²) in [5.41, 5.74) is 1.28. The second-order valence-electron chi connectivity index (χ2n) is 6.18. The highest BCUT2D eigenvalue weighted by Gasteiger charge is 2.24. The van der Waals surface area contributed by atoms with Crippen LogP contribution in [0.4, 0.5) is 0 Å². The molecular formula is C21H19BrOS. The fourth-order valence-electron chi connectivity index (χ4n) is 3.22. The second-order valence-corrected chi connectivity index (χ2v) is 8.47. The van der Waals surface area contributed by atoms with Crippen molar-refractivity contribution in [3.63, 3.8) is 0 Å². The van der Waals surface area contributed by atoms with E-state index in [0.29, 0.717) is 5.25 Å². The maximum absolute atomic E-state index is 6.01. The lowest BCUT2D eigenvalue weighted by Gasteiger charge is -2.29. The standard InChI is InChI=1S/C21H19BrOS/c22-18-8-5-16(6-9-18)21-14-20(11-12-23-21)24-19-10-7-15-3-1-2-4-17(15)13-19/h1-10,13,20-21H,11-12,14H2/t20-,21+/m0/s1. The summed E-state index contributed by atoms with van der Waals surface area (Å²) in [5, 5.41) is 3.23. The van der Waals surface area contributed by atoms with Crippen LogP contribution in [0.15, 0.2) is 76.1 Å². The van der Waals surface area contributed by atoms with Gasteiger partial charge in [-0.3, -0.25) is 0 Å². The summed E-state index contributed by atoms with van der Waals surface area (Å²) in [6.45, 7) is 0.839. The number of hydrogen-bond acceptors (Lipinski definition) is 2. The molecule has 1 heterocycles. The van der Waals surface area contributed by atoms with Crippen LogP contribution in [0.3, 0.4) is 0 Å². The zero-order chi connectivity index (χ0) is 16.4. The highest BCUT2D eigenvalue weighted by molar-refractivity contribution is 9.10. The van der Waals surface area contributed by atoms with Crippen LogP contribution in [0.2, 0.25) is 0 Å². The molecule has 1 aliphatic rings. The molecule has 0 saturated carbocycles. The van der Waals surface area contributed by atoms with E-state index in [9.17, 15) is 0 Å². The lowest BCUT2D eigenvalue weighted by molar-refractivity contribution is 0.0178. The summed E-state index contributed by atoms with van der Waals surface area (Å²) < 4.78 is 7.13. The molecule has 0 radical (unpaired) electrons. The van der Waals surface area contributed by atoms with Crippen molar-refractivity contribution < 1.29 is 4.74 Å². The van der Waals surface area contributed by atoms with E-state index in [1.54, 1.807) is 0 Å². The zero-order valence-electron chi connectivity index (χ0n) is 13.3. The molecule has 0 aliphatic carbocycles. The number of halogens is 1. The van der Waals surface area contributed by atoms with Crippen LogP contribution in [-0.2, 0) is 4.74 Å². The van der Waals surface area contributed by atoms with Gasteiger partial charge in [-0.15, -0.1) is 11.8 Å². The SMILES string of the molecule is Brc1ccc([C@H]2C[C@@H](Sc3ccc4ccccc4c3)CCO2)cc1. The van der Waals surface area contributed by atoms with Gasteiger partial charge in [0.15, 0.2) is 0 Å². The van der Waals surface area contributed by atoms with Crippen molar-refractivity contribution in [2.24, 2.45) is 0 Å². The Kier molecular flexibility index (Phi) is 4.93. The number of thioether (sulfide) groups is 1. The Balaban J connectivity index is 1.48. The first kappa shape index (κ1) is 16.2. The minimum absolute atomic E-state index is 0.213. The molecule has 0 amide bonds. The predicted octanol–water partition coefficient (Wildman–Crippen LogP) is 6.61. The third-order valence-electron chi connectivity index (χ3n) is 4.50. The van der Waals surface area contributed by atoms with E-state index in [2.05, 4.69) is 82.7 Å². The second kappa shape index (κ2) is 7.30. The molecule has 0 spiro atoms. The van der Waals surface area contributed by atoms with Crippen molar-refractivity contribution in [2.75, 3.05) is 6.61 Å². The quantitative estimate of drug-likeness (QED) is 0.490. The van der Waals surface area contributed by atoms with Crippen molar-refractivity contribution in [1.82, 2.24) is 0 Å². The van der Waals surface area contributed by atoms with Gasteiger partial charge >= 0.3 is 0 Å². The predicted molar refractivity (Wildman–Crippen MR) is 106 cm³/mol. The van der Waals surface area contributed by atoms with E-state index >= 15 is 0 Å². The first-order chi connectivity index (χ1) is 11.8. The highest BCUT2D eigenvalue weighted by Crippen LogP contribution is 2.38. The summed E-state index contributed by atoms with van der Waals surface area (Å²) in [7, 11) is 0. The van der Waals surface area contributed by atoms with Crippen molar-refractivity contribution in [1.29, 1.82) is 0 Å².